The lowest BCUT2D eigenvalue weighted by atomic mass is 9.85. The molecule has 7 rings (SSSR count). The Hall–Kier alpha value is -4.68. The van der Waals surface area contributed by atoms with E-state index in [0.29, 0.717) is 0 Å². The summed E-state index contributed by atoms with van der Waals surface area (Å²) >= 11 is 0. The maximum Gasteiger partial charge on any atom is -0.00262 e. The molecule has 7 aromatic rings. The Kier molecular flexibility index (Phi) is 5.34. The molecule has 0 nitrogen and oxygen atoms in total. The van der Waals surface area contributed by atoms with Gasteiger partial charge < -0.3 is 0 Å². The second kappa shape index (κ2) is 9.01. The first-order valence-electron chi connectivity index (χ1n) is 13.3. The van der Waals surface area contributed by atoms with Crippen LogP contribution in [0.4, 0.5) is 0 Å². The smallest absolute Gasteiger partial charge is 0.00262 e. The third-order valence-corrected chi connectivity index (χ3v) is 7.89. The Bertz CT molecular complexity index is 1900. The van der Waals surface area contributed by atoms with E-state index < -0.39 is 0 Å². The van der Waals surface area contributed by atoms with E-state index in [9.17, 15) is 0 Å². The van der Waals surface area contributed by atoms with Gasteiger partial charge in [0.25, 0.3) is 0 Å². The van der Waals surface area contributed by atoms with Crippen molar-refractivity contribution in [3.8, 4) is 33.4 Å². The minimum Gasteiger partial charge on any atom is -0.0622 e. The lowest BCUT2D eigenvalue weighted by Gasteiger charge is -2.18. The van der Waals surface area contributed by atoms with Crippen LogP contribution in [0.3, 0.4) is 0 Å². The lowest BCUT2D eigenvalue weighted by Crippen LogP contribution is -1.91. The average molecular weight is 485 g/mol. The van der Waals surface area contributed by atoms with Crippen LogP contribution in [0.25, 0.3) is 65.7 Å². The number of fused-ring (bicyclic) bond motifs is 3. The highest BCUT2D eigenvalue weighted by Crippen LogP contribution is 2.44. The van der Waals surface area contributed by atoms with Crippen LogP contribution in [0.2, 0.25) is 0 Å². The van der Waals surface area contributed by atoms with Crippen LogP contribution in [0.1, 0.15) is 11.1 Å². The van der Waals surface area contributed by atoms with Gasteiger partial charge in [0.1, 0.15) is 0 Å². The number of rotatable bonds is 3. The Balaban J connectivity index is 1.48. The maximum atomic E-state index is 2.36. The highest BCUT2D eigenvalue weighted by Gasteiger charge is 2.16. The molecule has 38 heavy (non-hydrogen) atoms. The van der Waals surface area contributed by atoms with Crippen molar-refractivity contribution in [2.75, 3.05) is 0 Å². The Morgan fingerprint density at radius 3 is 1.24 bits per heavy atom. The average Bonchev–Trinajstić information content (AvgIpc) is 2.96. The van der Waals surface area contributed by atoms with Gasteiger partial charge in [0.05, 0.1) is 0 Å². The zero-order valence-corrected chi connectivity index (χ0v) is 21.7. The van der Waals surface area contributed by atoms with E-state index in [4.69, 9.17) is 0 Å². The number of hydrogen-bond donors (Lipinski definition) is 0. The van der Waals surface area contributed by atoms with Gasteiger partial charge in [-0.3, -0.25) is 0 Å². The van der Waals surface area contributed by atoms with Crippen LogP contribution in [0.15, 0.2) is 133 Å². The third-order valence-electron chi connectivity index (χ3n) is 7.89. The second-order valence-electron chi connectivity index (χ2n) is 10.3. The summed E-state index contributed by atoms with van der Waals surface area (Å²) < 4.78 is 0. The van der Waals surface area contributed by atoms with Crippen molar-refractivity contribution in [1.29, 1.82) is 0 Å². The highest BCUT2D eigenvalue weighted by atomic mass is 14.2. The molecule has 0 aliphatic heterocycles. The van der Waals surface area contributed by atoms with E-state index in [2.05, 4.69) is 147 Å². The molecule has 7 aromatic carbocycles. The van der Waals surface area contributed by atoms with E-state index in [1.807, 2.05) is 0 Å². The van der Waals surface area contributed by atoms with Crippen molar-refractivity contribution >= 4 is 32.3 Å². The predicted molar refractivity (Wildman–Crippen MR) is 165 cm³/mol. The molecule has 180 valence electrons. The van der Waals surface area contributed by atoms with Crippen LogP contribution in [0.5, 0.6) is 0 Å². The Morgan fingerprint density at radius 1 is 0.316 bits per heavy atom. The van der Waals surface area contributed by atoms with Gasteiger partial charge in [-0.05, 0) is 103 Å². The third kappa shape index (κ3) is 3.61. The number of aryl methyl sites for hydroxylation is 2. The highest BCUT2D eigenvalue weighted by molar-refractivity contribution is 6.21. The first-order valence-corrected chi connectivity index (χ1v) is 13.3. The fraction of sp³-hybridized carbons (Fsp3) is 0.0526. The first kappa shape index (κ1) is 22.5. The molecule has 0 aliphatic carbocycles. The monoisotopic (exact) mass is 484 g/mol. The summed E-state index contributed by atoms with van der Waals surface area (Å²) in [4.78, 5) is 0. The predicted octanol–water partition coefficient (Wildman–Crippen LogP) is 10.8. The standard InChI is InChI=1S/C38H28/c1-25-11-10-12-26(2)36(25)30-21-19-29-24-31(22-20-28(29)23-30)38-34-17-8-6-15-32(34)37(27-13-4-3-5-14-27)33-16-7-9-18-35(33)38/h3-24H,1-2H3. The summed E-state index contributed by atoms with van der Waals surface area (Å²) in [5.41, 5.74) is 10.4. The molecule has 0 bridgehead atoms. The van der Waals surface area contributed by atoms with E-state index in [1.54, 1.807) is 0 Å². The molecule has 0 heterocycles. The van der Waals surface area contributed by atoms with Crippen LogP contribution in [0, 0.1) is 13.8 Å². The molecular formula is C38H28. The van der Waals surface area contributed by atoms with Gasteiger partial charge in [-0.2, -0.15) is 0 Å². The Labute approximate surface area is 223 Å². The normalized spacial score (nSPS) is 11.4. The SMILES string of the molecule is Cc1cccc(C)c1-c1ccc2cc(-c3c4ccccc4c(-c4ccccc4)c4ccccc34)ccc2c1. The first-order chi connectivity index (χ1) is 18.7. The number of hydrogen-bond acceptors (Lipinski definition) is 0. The number of benzene rings is 7. The van der Waals surface area contributed by atoms with Crippen molar-refractivity contribution in [1.82, 2.24) is 0 Å². The summed E-state index contributed by atoms with van der Waals surface area (Å²) in [6.07, 6.45) is 0. The van der Waals surface area contributed by atoms with Gasteiger partial charge in [-0.25, -0.2) is 0 Å². The topological polar surface area (TPSA) is 0 Å². The summed E-state index contributed by atoms with van der Waals surface area (Å²) in [5, 5.41) is 7.69. The largest absolute Gasteiger partial charge is 0.0622 e. The molecular weight excluding hydrogens is 456 g/mol. The molecule has 0 amide bonds. The van der Waals surface area contributed by atoms with Gasteiger partial charge in [-0.15, -0.1) is 0 Å². The van der Waals surface area contributed by atoms with Crippen molar-refractivity contribution < 1.29 is 0 Å². The lowest BCUT2D eigenvalue weighted by molar-refractivity contribution is 1.38. The van der Waals surface area contributed by atoms with E-state index in [0.717, 1.165) is 0 Å². The van der Waals surface area contributed by atoms with Gasteiger partial charge in [0.2, 0.25) is 0 Å². The van der Waals surface area contributed by atoms with Gasteiger partial charge in [-0.1, -0.05) is 121 Å². The quantitative estimate of drug-likeness (QED) is 0.219. The second-order valence-corrected chi connectivity index (χ2v) is 10.3. The zero-order valence-electron chi connectivity index (χ0n) is 21.7. The van der Waals surface area contributed by atoms with Crippen LogP contribution < -0.4 is 0 Å². The molecule has 0 unspecified atom stereocenters. The molecule has 0 radical (unpaired) electrons. The molecule has 0 N–H and O–H groups in total. The maximum absolute atomic E-state index is 2.36. The van der Waals surface area contributed by atoms with Crippen molar-refractivity contribution in [3.05, 3.63) is 145 Å². The summed E-state index contributed by atoms with van der Waals surface area (Å²) in [7, 11) is 0. The van der Waals surface area contributed by atoms with Crippen molar-refractivity contribution in [2.45, 2.75) is 13.8 Å². The Morgan fingerprint density at radius 2 is 0.737 bits per heavy atom. The molecule has 0 saturated carbocycles. The fourth-order valence-corrected chi connectivity index (χ4v) is 6.18. The minimum atomic E-state index is 1.25. The van der Waals surface area contributed by atoms with Crippen molar-refractivity contribution in [2.24, 2.45) is 0 Å². The van der Waals surface area contributed by atoms with Crippen LogP contribution in [-0.4, -0.2) is 0 Å². The molecule has 0 aliphatic rings. The zero-order chi connectivity index (χ0) is 25.6. The molecule has 0 aromatic heterocycles. The summed E-state index contributed by atoms with van der Waals surface area (Å²) in [6.45, 7) is 4.40. The molecule has 0 spiro atoms. The summed E-state index contributed by atoms with van der Waals surface area (Å²) in [6, 6.07) is 48.9. The molecule has 0 atom stereocenters. The molecule has 0 fully saturated rings. The van der Waals surface area contributed by atoms with Crippen LogP contribution >= 0.6 is 0 Å². The molecule has 0 saturated heterocycles. The van der Waals surface area contributed by atoms with E-state index >= 15 is 0 Å². The van der Waals surface area contributed by atoms with Crippen molar-refractivity contribution in [3.63, 3.8) is 0 Å². The minimum absolute atomic E-state index is 1.25. The fourth-order valence-electron chi connectivity index (χ4n) is 6.18. The van der Waals surface area contributed by atoms with Gasteiger partial charge in [0.15, 0.2) is 0 Å². The van der Waals surface area contributed by atoms with Gasteiger partial charge in [0, 0.05) is 0 Å². The van der Waals surface area contributed by atoms with Crippen LogP contribution in [-0.2, 0) is 0 Å². The van der Waals surface area contributed by atoms with E-state index in [-0.39, 0.29) is 0 Å². The molecule has 0 heteroatoms. The summed E-state index contributed by atoms with van der Waals surface area (Å²) in [5.74, 6) is 0. The van der Waals surface area contributed by atoms with Gasteiger partial charge >= 0.3 is 0 Å². The van der Waals surface area contributed by atoms with E-state index in [1.165, 1.54) is 76.8 Å².